The number of H-pyrrole nitrogens is 1. The molecule has 0 amide bonds. The molecular weight excluding hydrogens is 348 g/mol. The molecule has 130 valence electrons. The number of ether oxygens (including phenoxy) is 1. The topological polar surface area (TPSA) is 118 Å². The van der Waals surface area contributed by atoms with E-state index < -0.39 is 21.7 Å². The van der Waals surface area contributed by atoms with E-state index in [1.807, 2.05) is 0 Å². The van der Waals surface area contributed by atoms with Gasteiger partial charge in [0.05, 0.1) is 23.1 Å². The van der Waals surface area contributed by atoms with Gasteiger partial charge in [0.1, 0.15) is 0 Å². The zero-order chi connectivity index (χ0) is 18.0. The second-order valence-electron chi connectivity index (χ2n) is 5.19. The first-order valence-corrected chi connectivity index (χ1v) is 8.67. The minimum atomic E-state index is -3.82. The highest BCUT2D eigenvalue weighted by Crippen LogP contribution is 2.17. The Hall–Kier alpha value is -2.91. The highest BCUT2D eigenvalue weighted by Gasteiger charge is 2.16. The number of oxazole rings is 1. The van der Waals surface area contributed by atoms with Gasteiger partial charge in [-0.1, -0.05) is 12.1 Å². The molecule has 8 nitrogen and oxygen atoms in total. The van der Waals surface area contributed by atoms with Crippen molar-refractivity contribution in [3.63, 3.8) is 0 Å². The number of methoxy groups -OCH3 is 1. The van der Waals surface area contributed by atoms with Crippen molar-refractivity contribution in [2.45, 2.75) is 11.4 Å². The lowest BCUT2D eigenvalue weighted by atomic mass is 10.1. The number of aromatic amines is 1. The maximum absolute atomic E-state index is 12.4. The summed E-state index contributed by atoms with van der Waals surface area (Å²) in [5, 5.41) is 0. The number of hydrogen-bond acceptors (Lipinski definition) is 6. The number of esters is 1. The average molecular weight is 362 g/mol. The first-order chi connectivity index (χ1) is 11.9. The van der Waals surface area contributed by atoms with Crippen molar-refractivity contribution in [3.05, 3.63) is 64.1 Å². The van der Waals surface area contributed by atoms with Gasteiger partial charge >= 0.3 is 11.7 Å². The first kappa shape index (κ1) is 16.9. The normalized spacial score (nSPS) is 11.6. The molecule has 0 aliphatic rings. The Kier molecular flexibility index (Phi) is 4.43. The number of aromatic nitrogens is 1. The fourth-order valence-corrected chi connectivity index (χ4v) is 3.31. The molecule has 0 radical (unpaired) electrons. The van der Waals surface area contributed by atoms with Gasteiger partial charge in [0.25, 0.3) is 0 Å². The van der Waals surface area contributed by atoms with E-state index in [-0.39, 0.29) is 17.0 Å². The quantitative estimate of drug-likeness (QED) is 0.662. The van der Waals surface area contributed by atoms with Gasteiger partial charge in [0.2, 0.25) is 10.0 Å². The lowest BCUT2D eigenvalue weighted by molar-refractivity contribution is 0.0600. The molecule has 25 heavy (non-hydrogen) atoms. The smallest absolute Gasteiger partial charge is 0.417 e. The zero-order valence-electron chi connectivity index (χ0n) is 13.1. The van der Waals surface area contributed by atoms with Crippen molar-refractivity contribution in [1.82, 2.24) is 9.71 Å². The third-order valence-electron chi connectivity index (χ3n) is 3.52. The van der Waals surface area contributed by atoms with Crippen LogP contribution in [0.1, 0.15) is 15.9 Å². The predicted molar refractivity (Wildman–Crippen MR) is 88.6 cm³/mol. The number of carbonyl (C=O) groups excluding carboxylic acids is 1. The molecule has 2 aromatic carbocycles. The van der Waals surface area contributed by atoms with Gasteiger partial charge in [0.15, 0.2) is 5.58 Å². The molecule has 1 aromatic heterocycles. The van der Waals surface area contributed by atoms with Gasteiger partial charge in [-0.05, 0) is 29.8 Å². The van der Waals surface area contributed by atoms with E-state index in [4.69, 9.17) is 4.42 Å². The Morgan fingerprint density at radius 2 is 2.04 bits per heavy atom. The van der Waals surface area contributed by atoms with Crippen LogP contribution in [0.4, 0.5) is 0 Å². The molecule has 2 N–H and O–H groups in total. The molecule has 0 aliphatic carbocycles. The van der Waals surface area contributed by atoms with E-state index >= 15 is 0 Å². The Morgan fingerprint density at radius 1 is 1.24 bits per heavy atom. The molecule has 3 rings (SSSR count). The number of fused-ring (bicyclic) bond motifs is 1. The predicted octanol–water partition coefficient (Wildman–Crippen LogP) is 1.39. The van der Waals surface area contributed by atoms with E-state index in [1.54, 1.807) is 24.3 Å². The van der Waals surface area contributed by atoms with Crippen molar-refractivity contribution in [2.75, 3.05) is 7.11 Å². The molecule has 0 saturated heterocycles. The van der Waals surface area contributed by atoms with Crippen LogP contribution in [0.5, 0.6) is 0 Å². The summed E-state index contributed by atoms with van der Waals surface area (Å²) in [7, 11) is -2.55. The van der Waals surface area contributed by atoms with E-state index in [2.05, 4.69) is 14.4 Å². The van der Waals surface area contributed by atoms with E-state index in [1.165, 1.54) is 25.3 Å². The largest absolute Gasteiger partial charge is 0.465 e. The summed E-state index contributed by atoms with van der Waals surface area (Å²) in [6, 6.07) is 10.5. The number of hydrogen-bond donors (Lipinski definition) is 2. The number of carbonyl (C=O) groups is 1. The molecule has 0 fully saturated rings. The molecule has 0 saturated carbocycles. The van der Waals surface area contributed by atoms with Crippen molar-refractivity contribution in [1.29, 1.82) is 0 Å². The van der Waals surface area contributed by atoms with Crippen LogP contribution in [0.2, 0.25) is 0 Å². The van der Waals surface area contributed by atoms with Crippen molar-refractivity contribution < 1.29 is 22.4 Å². The van der Waals surface area contributed by atoms with Crippen LogP contribution < -0.4 is 10.5 Å². The number of sulfonamides is 1. The van der Waals surface area contributed by atoms with Gasteiger partial charge in [-0.15, -0.1) is 0 Å². The van der Waals surface area contributed by atoms with E-state index in [9.17, 15) is 18.0 Å². The van der Waals surface area contributed by atoms with Crippen LogP contribution in [0.3, 0.4) is 0 Å². The third-order valence-corrected chi connectivity index (χ3v) is 4.92. The number of rotatable bonds is 5. The van der Waals surface area contributed by atoms with Gasteiger partial charge in [-0.2, -0.15) is 0 Å². The van der Waals surface area contributed by atoms with Gasteiger partial charge < -0.3 is 9.15 Å². The standard InChI is InChI=1S/C16H14N2O6S/c1-23-15(19)11-4-2-3-10(7-11)9-17-25(21,22)12-5-6-13-14(8-12)24-16(20)18-13/h2-8,17H,9H2,1H3,(H,18,20). The lowest BCUT2D eigenvalue weighted by Crippen LogP contribution is -2.23. The second-order valence-corrected chi connectivity index (χ2v) is 6.96. The summed E-state index contributed by atoms with van der Waals surface area (Å²) in [6.07, 6.45) is 0. The molecule has 9 heteroatoms. The SMILES string of the molecule is COC(=O)c1cccc(CNS(=O)(=O)c2ccc3[nH]c(=O)oc3c2)c1. The number of nitrogens with one attached hydrogen (secondary N) is 2. The van der Waals surface area contributed by atoms with Gasteiger partial charge in [0, 0.05) is 12.6 Å². The van der Waals surface area contributed by atoms with Crippen molar-refractivity contribution >= 4 is 27.1 Å². The van der Waals surface area contributed by atoms with Crippen LogP contribution in [0, 0.1) is 0 Å². The molecule has 0 unspecified atom stereocenters. The fraction of sp³-hybridized carbons (Fsp3) is 0.125. The average Bonchev–Trinajstić information content (AvgIpc) is 2.98. The van der Waals surface area contributed by atoms with E-state index in [0.717, 1.165) is 0 Å². The molecule has 0 spiro atoms. The number of benzene rings is 2. The van der Waals surface area contributed by atoms with Gasteiger partial charge in [-0.25, -0.2) is 22.7 Å². The van der Waals surface area contributed by atoms with Crippen LogP contribution in [0.25, 0.3) is 11.1 Å². The minimum absolute atomic E-state index is 0.0116. The molecule has 1 heterocycles. The van der Waals surface area contributed by atoms with Crippen molar-refractivity contribution in [2.24, 2.45) is 0 Å². The molecule has 0 atom stereocenters. The van der Waals surface area contributed by atoms with E-state index in [0.29, 0.717) is 16.6 Å². The second kappa shape index (κ2) is 6.54. The summed E-state index contributed by atoms with van der Waals surface area (Å²) in [5.74, 6) is -1.16. The summed E-state index contributed by atoms with van der Waals surface area (Å²) in [5.41, 5.74) is 1.49. The summed E-state index contributed by atoms with van der Waals surface area (Å²) >= 11 is 0. The third kappa shape index (κ3) is 3.62. The molecule has 0 aliphatic heterocycles. The van der Waals surface area contributed by atoms with Crippen molar-refractivity contribution in [3.8, 4) is 0 Å². The summed E-state index contributed by atoms with van der Waals surface area (Å²) < 4.78 is 36.7. The summed E-state index contributed by atoms with van der Waals surface area (Å²) in [4.78, 5) is 25.1. The van der Waals surface area contributed by atoms with Crippen LogP contribution in [0.15, 0.2) is 56.6 Å². The fourth-order valence-electron chi connectivity index (χ4n) is 2.28. The molecule has 3 aromatic rings. The maximum Gasteiger partial charge on any atom is 0.417 e. The Balaban J connectivity index is 1.81. The van der Waals surface area contributed by atoms with Crippen LogP contribution >= 0.6 is 0 Å². The maximum atomic E-state index is 12.4. The Labute approximate surface area is 142 Å². The van der Waals surface area contributed by atoms with Gasteiger partial charge in [-0.3, -0.25) is 4.98 Å². The lowest BCUT2D eigenvalue weighted by Gasteiger charge is -2.08. The summed E-state index contributed by atoms with van der Waals surface area (Å²) in [6.45, 7) is -0.0116. The Bertz CT molecular complexity index is 1100. The monoisotopic (exact) mass is 362 g/mol. The Morgan fingerprint density at radius 3 is 2.80 bits per heavy atom. The highest BCUT2D eigenvalue weighted by molar-refractivity contribution is 7.89. The highest BCUT2D eigenvalue weighted by atomic mass is 32.2. The van der Waals surface area contributed by atoms with Crippen LogP contribution in [-0.2, 0) is 21.3 Å². The molecule has 0 bridgehead atoms. The van der Waals surface area contributed by atoms with Crippen LogP contribution in [-0.4, -0.2) is 26.5 Å². The molecular formula is C16H14N2O6S. The zero-order valence-corrected chi connectivity index (χ0v) is 13.9. The minimum Gasteiger partial charge on any atom is -0.465 e. The first-order valence-electron chi connectivity index (χ1n) is 7.19.